The first kappa shape index (κ1) is 12.1. The van der Waals surface area contributed by atoms with Gasteiger partial charge in [0, 0.05) is 13.1 Å². The van der Waals surface area contributed by atoms with Crippen molar-refractivity contribution in [2.45, 2.75) is 25.3 Å². The molecular formula is C12H20N4O. The lowest BCUT2D eigenvalue weighted by Gasteiger charge is -2.18. The number of nitrogens with zero attached hydrogens (tertiary/aromatic N) is 3. The molecule has 0 spiro atoms. The van der Waals surface area contributed by atoms with Crippen molar-refractivity contribution in [3.05, 3.63) is 12.4 Å². The van der Waals surface area contributed by atoms with Crippen molar-refractivity contribution < 1.29 is 4.74 Å². The number of ether oxygens (including phenoxy) is 1. The summed E-state index contributed by atoms with van der Waals surface area (Å²) >= 11 is 0. The second kappa shape index (κ2) is 5.82. The monoisotopic (exact) mass is 236 g/mol. The highest BCUT2D eigenvalue weighted by molar-refractivity contribution is 5.31. The predicted octanol–water partition coefficient (Wildman–Crippen LogP) is 1.38. The van der Waals surface area contributed by atoms with Gasteiger partial charge in [-0.05, 0) is 32.9 Å². The largest absolute Gasteiger partial charge is 0.476 e. The lowest BCUT2D eigenvalue weighted by Crippen LogP contribution is -2.26. The molecule has 94 valence electrons. The maximum absolute atomic E-state index is 5.62. The third-order valence-corrected chi connectivity index (χ3v) is 3.24. The fourth-order valence-electron chi connectivity index (χ4n) is 2.18. The number of likely N-dealkylation sites (tertiary alicyclic amines) is 1. The van der Waals surface area contributed by atoms with Gasteiger partial charge in [0.05, 0.1) is 19.0 Å². The van der Waals surface area contributed by atoms with E-state index < -0.39 is 0 Å². The van der Waals surface area contributed by atoms with Crippen LogP contribution in [-0.2, 0) is 0 Å². The third-order valence-electron chi connectivity index (χ3n) is 3.24. The van der Waals surface area contributed by atoms with E-state index in [-0.39, 0.29) is 0 Å². The van der Waals surface area contributed by atoms with Gasteiger partial charge < -0.3 is 15.0 Å². The summed E-state index contributed by atoms with van der Waals surface area (Å²) in [6.07, 6.45) is 6.97. The van der Waals surface area contributed by atoms with Crippen molar-refractivity contribution >= 4 is 5.82 Å². The van der Waals surface area contributed by atoms with Crippen LogP contribution < -0.4 is 10.1 Å². The minimum absolute atomic E-state index is 0.595. The van der Waals surface area contributed by atoms with E-state index in [1.54, 1.807) is 12.4 Å². The number of hydrogen-bond acceptors (Lipinski definition) is 5. The summed E-state index contributed by atoms with van der Waals surface area (Å²) in [6, 6.07) is 0.662. The zero-order chi connectivity index (χ0) is 12.1. The van der Waals surface area contributed by atoms with Crippen LogP contribution in [-0.4, -0.2) is 48.2 Å². The Labute approximate surface area is 102 Å². The van der Waals surface area contributed by atoms with E-state index in [9.17, 15) is 0 Å². The van der Waals surface area contributed by atoms with E-state index in [2.05, 4.69) is 27.2 Å². The van der Waals surface area contributed by atoms with Gasteiger partial charge in [0.25, 0.3) is 0 Å². The van der Waals surface area contributed by atoms with E-state index >= 15 is 0 Å². The van der Waals surface area contributed by atoms with E-state index in [0.29, 0.717) is 18.5 Å². The van der Waals surface area contributed by atoms with Gasteiger partial charge in [-0.25, -0.2) is 0 Å². The maximum Gasteiger partial charge on any atom is 0.234 e. The molecule has 0 aromatic carbocycles. The zero-order valence-electron chi connectivity index (χ0n) is 10.5. The first-order chi connectivity index (χ1) is 8.29. The van der Waals surface area contributed by atoms with Crippen LogP contribution in [0.5, 0.6) is 5.88 Å². The molecule has 1 aromatic rings. The van der Waals surface area contributed by atoms with Crippen LogP contribution >= 0.6 is 0 Å². The molecular weight excluding hydrogens is 216 g/mol. The van der Waals surface area contributed by atoms with E-state index in [4.69, 9.17) is 4.74 Å². The second-order valence-corrected chi connectivity index (χ2v) is 4.41. The Morgan fingerprint density at radius 1 is 1.53 bits per heavy atom. The topological polar surface area (TPSA) is 50.3 Å². The molecule has 0 radical (unpaired) electrons. The van der Waals surface area contributed by atoms with E-state index in [1.807, 2.05) is 7.05 Å². The van der Waals surface area contributed by atoms with E-state index in [1.165, 1.54) is 19.4 Å². The third kappa shape index (κ3) is 3.30. The molecule has 2 heterocycles. The Kier molecular flexibility index (Phi) is 4.14. The van der Waals surface area contributed by atoms with Crippen LogP contribution in [0.3, 0.4) is 0 Å². The molecule has 17 heavy (non-hydrogen) atoms. The smallest absolute Gasteiger partial charge is 0.234 e. The Bertz CT molecular complexity index is 358. The first-order valence-corrected chi connectivity index (χ1v) is 6.12. The predicted molar refractivity (Wildman–Crippen MR) is 67.3 cm³/mol. The summed E-state index contributed by atoms with van der Waals surface area (Å²) in [5.74, 6) is 1.33. The van der Waals surface area contributed by atoms with Crippen molar-refractivity contribution in [3.8, 4) is 5.88 Å². The van der Waals surface area contributed by atoms with Crippen LogP contribution in [0, 0.1) is 0 Å². The highest BCUT2D eigenvalue weighted by Gasteiger charge is 2.20. The number of nitrogens with one attached hydrogen (secondary N) is 1. The lowest BCUT2D eigenvalue weighted by atomic mass is 10.1. The highest BCUT2D eigenvalue weighted by atomic mass is 16.5. The van der Waals surface area contributed by atoms with Gasteiger partial charge in [0.15, 0.2) is 0 Å². The Morgan fingerprint density at radius 2 is 2.41 bits per heavy atom. The summed E-state index contributed by atoms with van der Waals surface area (Å²) in [6.45, 7) is 1.91. The SMILES string of the molecule is CNc1cncc(OCCC2CCCN2C)n1. The summed E-state index contributed by atoms with van der Waals surface area (Å²) in [5.41, 5.74) is 0. The molecule has 5 nitrogen and oxygen atoms in total. The van der Waals surface area contributed by atoms with Crippen LogP contribution in [0.2, 0.25) is 0 Å². The van der Waals surface area contributed by atoms with Crippen molar-refractivity contribution in [2.24, 2.45) is 0 Å². The molecule has 0 bridgehead atoms. The molecule has 0 saturated carbocycles. The average Bonchev–Trinajstić information content (AvgIpc) is 2.76. The summed E-state index contributed by atoms with van der Waals surface area (Å²) < 4.78 is 5.62. The summed E-state index contributed by atoms with van der Waals surface area (Å²) in [5, 5.41) is 2.94. The quantitative estimate of drug-likeness (QED) is 0.837. The maximum atomic E-state index is 5.62. The van der Waals surface area contributed by atoms with Crippen LogP contribution in [0.15, 0.2) is 12.4 Å². The Morgan fingerprint density at radius 3 is 3.12 bits per heavy atom. The highest BCUT2D eigenvalue weighted by Crippen LogP contribution is 2.18. The molecule has 1 fully saturated rings. The molecule has 1 aliphatic rings. The molecule has 5 heteroatoms. The number of hydrogen-bond donors (Lipinski definition) is 1. The molecule has 0 aliphatic carbocycles. The van der Waals surface area contributed by atoms with Crippen molar-refractivity contribution in [3.63, 3.8) is 0 Å². The zero-order valence-corrected chi connectivity index (χ0v) is 10.5. The molecule has 1 atom stereocenters. The van der Waals surface area contributed by atoms with Crippen LogP contribution in [0.4, 0.5) is 5.82 Å². The molecule has 1 aliphatic heterocycles. The van der Waals surface area contributed by atoms with Crippen molar-refractivity contribution in [1.29, 1.82) is 0 Å². The van der Waals surface area contributed by atoms with Crippen molar-refractivity contribution in [1.82, 2.24) is 14.9 Å². The molecule has 1 N–H and O–H groups in total. The Balaban J connectivity index is 1.77. The van der Waals surface area contributed by atoms with Gasteiger partial charge in [0.2, 0.25) is 5.88 Å². The summed E-state index contributed by atoms with van der Waals surface area (Å²) in [4.78, 5) is 10.7. The normalized spacial score (nSPS) is 20.5. The summed E-state index contributed by atoms with van der Waals surface area (Å²) in [7, 11) is 4.00. The minimum atomic E-state index is 0.595. The van der Waals surface area contributed by atoms with Crippen LogP contribution in [0.25, 0.3) is 0 Å². The molecule has 1 saturated heterocycles. The standard InChI is InChI=1S/C12H20N4O/c1-13-11-8-14-9-12(15-11)17-7-5-10-4-3-6-16(10)2/h8-10H,3-7H2,1-2H3,(H,13,15). The average molecular weight is 236 g/mol. The number of anilines is 1. The lowest BCUT2D eigenvalue weighted by molar-refractivity contribution is 0.228. The fourth-order valence-corrected chi connectivity index (χ4v) is 2.18. The van der Waals surface area contributed by atoms with Crippen LogP contribution in [0.1, 0.15) is 19.3 Å². The number of aromatic nitrogens is 2. The fraction of sp³-hybridized carbons (Fsp3) is 0.667. The minimum Gasteiger partial charge on any atom is -0.476 e. The number of rotatable bonds is 5. The molecule has 1 unspecified atom stereocenters. The Hall–Kier alpha value is -1.36. The van der Waals surface area contributed by atoms with Gasteiger partial charge in [0.1, 0.15) is 5.82 Å². The first-order valence-electron chi connectivity index (χ1n) is 6.12. The molecule has 1 aromatic heterocycles. The second-order valence-electron chi connectivity index (χ2n) is 4.41. The van der Waals surface area contributed by atoms with Gasteiger partial charge in [-0.3, -0.25) is 4.98 Å². The van der Waals surface area contributed by atoms with Crippen molar-refractivity contribution in [2.75, 3.05) is 32.6 Å². The van der Waals surface area contributed by atoms with Gasteiger partial charge in [-0.1, -0.05) is 0 Å². The van der Waals surface area contributed by atoms with Gasteiger partial charge in [-0.2, -0.15) is 4.98 Å². The van der Waals surface area contributed by atoms with Gasteiger partial charge in [-0.15, -0.1) is 0 Å². The molecule has 2 rings (SSSR count). The molecule has 0 amide bonds. The van der Waals surface area contributed by atoms with E-state index in [0.717, 1.165) is 12.2 Å². The van der Waals surface area contributed by atoms with Gasteiger partial charge >= 0.3 is 0 Å².